The zero-order valence-corrected chi connectivity index (χ0v) is 15.3. The van der Waals surface area contributed by atoms with Crippen LogP contribution in [0, 0.1) is 19.7 Å². The number of H-pyrrole nitrogens is 1. The number of fused-ring (bicyclic) bond motifs is 1. The van der Waals surface area contributed by atoms with Gasteiger partial charge in [-0.15, -0.1) is 0 Å². The number of halogens is 1. The van der Waals surface area contributed by atoms with Gasteiger partial charge in [-0.2, -0.15) is 0 Å². The van der Waals surface area contributed by atoms with Gasteiger partial charge in [0.25, 0.3) is 5.56 Å². The van der Waals surface area contributed by atoms with Crippen LogP contribution in [0.25, 0.3) is 10.9 Å². The fraction of sp³-hybridized carbons (Fsp3) is 0.211. The van der Waals surface area contributed by atoms with Crippen molar-refractivity contribution >= 4 is 20.9 Å². The van der Waals surface area contributed by atoms with Gasteiger partial charge in [0.05, 0.1) is 4.90 Å². The Hall–Kier alpha value is -2.51. The number of aromatic nitrogens is 1. The van der Waals surface area contributed by atoms with Gasteiger partial charge in [0.2, 0.25) is 10.0 Å². The third kappa shape index (κ3) is 3.84. The maximum absolute atomic E-state index is 13.3. The maximum Gasteiger partial charge on any atom is 0.251 e. The summed E-state index contributed by atoms with van der Waals surface area (Å²) in [5.41, 5.74) is 2.32. The van der Waals surface area contributed by atoms with Gasteiger partial charge in [-0.1, -0.05) is 12.1 Å². The predicted molar refractivity (Wildman–Crippen MR) is 99.3 cm³/mol. The number of hydrogen-bond donors (Lipinski definition) is 2. The minimum Gasteiger partial charge on any atom is -0.322 e. The first-order chi connectivity index (χ1) is 12.3. The molecule has 0 aliphatic heterocycles. The van der Waals surface area contributed by atoms with Crippen LogP contribution in [0.1, 0.15) is 16.7 Å². The number of pyridine rings is 1. The van der Waals surface area contributed by atoms with Crippen molar-refractivity contribution in [2.24, 2.45) is 0 Å². The van der Waals surface area contributed by atoms with Crippen LogP contribution in [0.5, 0.6) is 0 Å². The van der Waals surface area contributed by atoms with E-state index in [-0.39, 0.29) is 29.0 Å². The van der Waals surface area contributed by atoms with Crippen molar-refractivity contribution in [1.82, 2.24) is 9.71 Å². The van der Waals surface area contributed by atoms with E-state index in [1.807, 2.05) is 25.1 Å². The molecular weight excluding hydrogens is 355 g/mol. The van der Waals surface area contributed by atoms with Crippen molar-refractivity contribution in [3.8, 4) is 0 Å². The summed E-state index contributed by atoms with van der Waals surface area (Å²) in [6.45, 7) is 3.52. The molecule has 7 heteroatoms. The SMILES string of the molecule is Cc1ccc2cc(CCNS(=O)(=O)c3ccc(F)c(C)c3)c(=O)[nH]c2c1. The molecule has 0 fully saturated rings. The molecule has 0 atom stereocenters. The van der Waals surface area contributed by atoms with Gasteiger partial charge < -0.3 is 4.98 Å². The van der Waals surface area contributed by atoms with E-state index in [9.17, 15) is 17.6 Å². The third-order valence-electron chi connectivity index (χ3n) is 4.20. The first-order valence-electron chi connectivity index (χ1n) is 8.15. The number of hydrogen-bond acceptors (Lipinski definition) is 3. The molecule has 3 aromatic rings. The maximum atomic E-state index is 13.3. The van der Waals surface area contributed by atoms with Gasteiger partial charge in [0.1, 0.15) is 5.82 Å². The topological polar surface area (TPSA) is 79.0 Å². The predicted octanol–water partition coefficient (Wildman–Crippen LogP) is 2.81. The zero-order valence-electron chi connectivity index (χ0n) is 14.5. The van der Waals surface area contributed by atoms with Crippen LogP contribution in [0.4, 0.5) is 4.39 Å². The number of nitrogens with one attached hydrogen (secondary N) is 2. The smallest absolute Gasteiger partial charge is 0.251 e. The standard InChI is InChI=1S/C19H19FN2O3S/c1-12-3-4-14-11-15(19(23)22-18(14)9-12)7-8-21-26(24,25)16-5-6-17(20)13(2)10-16/h3-6,9-11,21H,7-8H2,1-2H3,(H,22,23). The number of aromatic amines is 1. The van der Waals surface area contributed by atoms with Gasteiger partial charge >= 0.3 is 0 Å². The fourth-order valence-corrected chi connectivity index (χ4v) is 3.85. The van der Waals surface area contributed by atoms with Crippen molar-refractivity contribution in [1.29, 1.82) is 0 Å². The van der Waals surface area contributed by atoms with Gasteiger partial charge in [-0.3, -0.25) is 4.79 Å². The summed E-state index contributed by atoms with van der Waals surface area (Å²) >= 11 is 0. The van der Waals surface area contributed by atoms with Crippen LogP contribution < -0.4 is 10.3 Å². The second-order valence-corrected chi connectivity index (χ2v) is 8.04. The average molecular weight is 374 g/mol. The van der Waals surface area contributed by atoms with Crippen LogP contribution in [-0.2, 0) is 16.4 Å². The second-order valence-electron chi connectivity index (χ2n) is 6.27. The highest BCUT2D eigenvalue weighted by Gasteiger charge is 2.15. The summed E-state index contributed by atoms with van der Waals surface area (Å²) in [5.74, 6) is -0.457. The molecule has 0 aliphatic rings. The van der Waals surface area contributed by atoms with Crippen LogP contribution in [0.2, 0.25) is 0 Å². The molecular formula is C19H19FN2O3S. The highest BCUT2D eigenvalue weighted by Crippen LogP contribution is 2.15. The highest BCUT2D eigenvalue weighted by atomic mass is 32.2. The molecule has 0 bridgehead atoms. The third-order valence-corrected chi connectivity index (χ3v) is 5.66. The molecule has 0 radical (unpaired) electrons. The molecule has 1 aromatic heterocycles. The van der Waals surface area contributed by atoms with E-state index in [0.717, 1.165) is 22.5 Å². The van der Waals surface area contributed by atoms with Gasteiger partial charge in [0, 0.05) is 17.6 Å². The van der Waals surface area contributed by atoms with Crippen molar-refractivity contribution in [3.05, 3.63) is 75.3 Å². The summed E-state index contributed by atoms with van der Waals surface area (Å²) in [6, 6.07) is 11.1. The molecule has 2 aromatic carbocycles. The van der Waals surface area contributed by atoms with Crippen LogP contribution in [0.3, 0.4) is 0 Å². The van der Waals surface area contributed by atoms with E-state index in [4.69, 9.17) is 0 Å². The summed E-state index contributed by atoms with van der Waals surface area (Å²) < 4.78 is 40.4. The summed E-state index contributed by atoms with van der Waals surface area (Å²) in [6.07, 6.45) is 0.249. The first kappa shape index (κ1) is 18.3. The quantitative estimate of drug-likeness (QED) is 0.721. The van der Waals surface area contributed by atoms with Crippen LogP contribution in [-0.4, -0.2) is 19.9 Å². The molecule has 1 heterocycles. The van der Waals surface area contributed by atoms with Crippen molar-refractivity contribution < 1.29 is 12.8 Å². The molecule has 0 spiro atoms. The molecule has 0 saturated heterocycles. The number of benzene rings is 2. The lowest BCUT2D eigenvalue weighted by molar-refractivity contribution is 0.580. The van der Waals surface area contributed by atoms with E-state index in [1.165, 1.54) is 19.1 Å². The first-order valence-corrected chi connectivity index (χ1v) is 9.63. The Kier molecular flexibility index (Phi) is 4.93. The Labute approximate surface area is 150 Å². The normalized spacial score (nSPS) is 11.8. The second kappa shape index (κ2) is 7.01. The Morgan fingerprint density at radius 2 is 1.85 bits per heavy atom. The molecule has 26 heavy (non-hydrogen) atoms. The summed E-state index contributed by atoms with van der Waals surface area (Å²) in [4.78, 5) is 15.0. The Balaban J connectivity index is 1.75. The van der Waals surface area contributed by atoms with Gasteiger partial charge in [0.15, 0.2) is 0 Å². The molecule has 0 amide bonds. The van der Waals surface area contributed by atoms with E-state index in [1.54, 1.807) is 6.07 Å². The monoisotopic (exact) mass is 374 g/mol. The van der Waals surface area contributed by atoms with Crippen molar-refractivity contribution in [2.75, 3.05) is 6.54 Å². The zero-order chi connectivity index (χ0) is 18.9. The Morgan fingerprint density at radius 3 is 2.58 bits per heavy atom. The minimum atomic E-state index is -3.76. The molecule has 136 valence electrons. The Morgan fingerprint density at radius 1 is 1.08 bits per heavy atom. The van der Waals surface area contributed by atoms with Crippen LogP contribution >= 0.6 is 0 Å². The molecule has 0 saturated carbocycles. The summed E-state index contributed by atoms with van der Waals surface area (Å²) in [7, 11) is -3.76. The van der Waals surface area contributed by atoms with Gasteiger partial charge in [-0.05, 0) is 67.1 Å². The van der Waals surface area contributed by atoms with Crippen LogP contribution in [0.15, 0.2) is 52.2 Å². The lowest BCUT2D eigenvalue weighted by Gasteiger charge is -2.08. The van der Waals surface area contributed by atoms with E-state index in [2.05, 4.69) is 9.71 Å². The van der Waals surface area contributed by atoms with E-state index >= 15 is 0 Å². The van der Waals surface area contributed by atoms with Crippen molar-refractivity contribution in [2.45, 2.75) is 25.2 Å². The lowest BCUT2D eigenvalue weighted by Crippen LogP contribution is -2.27. The molecule has 3 rings (SSSR count). The molecule has 5 nitrogen and oxygen atoms in total. The van der Waals surface area contributed by atoms with E-state index < -0.39 is 15.8 Å². The highest BCUT2D eigenvalue weighted by molar-refractivity contribution is 7.89. The fourth-order valence-electron chi connectivity index (χ4n) is 2.73. The molecule has 0 unspecified atom stereocenters. The lowest BCUT2D eigenvalue weighted by atomic mass is 10.1. The van der Waals surface area contributed by atoms with E-state index in [0.29, 0.717) is 5.56 Å². The average Bonchev–Trinajstić information content (AvgIpc) is 2.57. The number of rotatable bonds is 5. The number of aryl methyl sites for hydroxylation is 2. The minimum absolute atomic E-state index is 0.000652. The van der Waals surface area contributed by atoms with Gasteiger partial charge in [-0.25, -0.2) is 17.5 Å². The molecule has 0 aliphatic carbocycles. The number of sulfonamides is 1. The van der Waals surface area contributed by atoms with Crippen molar-refractivity contribution in [3.63, 3.8) is 0 Å². The molecule has 2 N–H and O–H groups in total. The largest absolute Gasteiger partial charge is 0.322 e. The Bertz CT molecular complexity index is 1140. The summed E-state index contributed by atoms with van der Waals surface area (Å²) in [5, 5.41) is 0.891.